The van der Waals surface area contributed by atoms with Crippen molar-refractivity contribution in [1.82, 2.24) is 0 Å². The van der Waals surface area contributed by atoms with Crippen LogP contribution in [0.2, 0.25) is 0 Å². The van der Waals surface area contributed by atoms with Crippen LogP contribution < -0.4 is 0 Å². The molecular weight excluding hydrogens is 264 g/mol. The molecule has 0 aromatic carbocycles. The topological polar surface area (TPSA) is 57.5 Å². The Hall–Kier alpha value is -0.570. The molecule has 0 radical (unpaired) electrons. The van der Waals surface area contributed by atoms with Crippen molar-refractivity contribution in [3.05, 3.63) is 0 Å². The van der Waals surface area contributed by atoms with E-state index in [1.807, 2.05) is 0 Å². The van der Waals surface area contributed by atoms with Crippen LogP contribution in [0.25, 0.3) is 0 Å². The number of hydrogen-bond donors (Lipinski definition) is 2. The number of aliphatic carboxylic acids is 1. The smallest absolute Gasteiger partial charge is 0.303 e. The van der Waals surface area contributed by atoms with E-state index >= 15 is 0 Å². The predicted octanol–water partition coefficient (Wildman–Crippen LogP) is 3.21. The van der Waals surface area contributed by atoms with Gasteiger partial charge in [-0.15, -0.1) is 0 Å². The highest BCUT2D eigenvalue weighted by molar-refractivity contribution is 5.69. The Morgan fingerprint density at radius 3 is 1.48 bits per heavy atom. The number of aliphatic hydroxyl groups excluding tert-OH is 1. The molecule has 6 rings (SSSR count). The fourth-order valence-electron chi connectivity index (χ4n) is 6.85. The van der Waals surface area contributed by atoms with Gasteiger partial charge in [-0.1, -0.05) is 0 Å². The number of carbonyl (C=O) groups is 1. The molecule has 6 aliphatic rings. The monoisotopic (exact) mass is 290 g/mol. The van der Waals surface area contributed by atoms with E-state index in [1.54, 1.807) is 0 Å². The second kappa shape index (κ2) is 3.50. The predicted molar refractivity (Wildman–Crippen MR) is 77.6 cm³/mol. The standard InChI is InChI=1S/C9H12O2.C9H14O/c10-7(11)5-6-8(1-2-8)9(6)3-4-9;10-6-1-7-8(2-3-8)9(7)4-5-9/h6H,1-5H2,(H,10,11);7,10H,1-6H2. The molecule has 6 aliphatic carbocycles. The van der Waals surface area contributed by atoms with Gasteiger partial charge in [-0.25, -0.2) is 0 Å². The fraction of sp³-hybridized carbons (Fsp3) is 0.944. The molecule has 3 nitrogen and oxygen atoms in total. The van der Waals surface area contributed by atoms with E-state index in [4.69, 9.17) is 10.2 Å². The largest absolute Gasteiger partial charge is 0.481 e. The van der Waals surface area contributed by atoms with Crippen molar-refractivity contribution in [3.8, 4) is 0 Å². The first-order valence-electron chi connectivity index (χ1n) is 8.90. The molecule has 0 aromatic heterocycles. The Kier molecular flexibility index (Phi) is 2.15. The summed E-state index contributed by atoms with van der Waals surface area (Å²) in [6, 6.07) is 0. The highest BCUT2D eigenvalue weighted by Gasteiger charge is 2.86. The molecule has 0 saturated heterocycles. The van der Waals surface area contributed by atoms with E-state index in [2.05, 4.69) is 0 Å². The first-order chi connectivity index (χ1) is 10.1. The molecule has 0 bridgehead atoms. The lowest BCUT2D eigenvalue weighted by Gasteiger charge is -1.89. The summed E-state index contributed by atoms with van der Waals surface area (Å²) in [4.78, 5) is 10.5. The van der Waals surface area contributed by atoms with Crippen molar-refractivity contribution in [3.63, 3.8) is 0 Å². The van der Waals surface area contributed by atoms with Gasteiger partial charge in [-0.2, -0.15) is 0 Å². The third-order valence-electron chi connectivity index (χ3n) is 8.44. The van der Waals surface area contributed by atoms with Gasteiger partial charge in [0.05, 0.1) is 0 Å². The molecule has 4 spiro atoms. The van der Waals surface area contributed by atoms with Crippen LogP contribution in [0, 0.1) is 33.5 Å². The molecule has 0 unspecified atom stereocenters. The summed E-state index contributed by atoms with van der Waals surface area (Å²) in [7, 11) is 0. The summed E-state index contributed by atoms with van der Waals surface area (Å²) in [6.45, 7) is 0.425. The fourth-order valence-corrected chi connectivity index (χ4v) is 6.85. The zero-order valence-electron chi connectivity index (χ0n) is 12.7. The Morgan fingerprint density at radius 1 is 0.810 bits per heavy atom. The van der Waals surface area contributed by atoms with Gasteiger partial charge in [-0.3, -0.25) is 4.79 Å². The average molecular weight is 290 g/mol. The van der Waals surface area contributed by atoms with Crippen LogP contribution in [-0.4, -0.2) is 22.8 Å². The van der Waals surface area contributed by atoms with Gasteiger partial charge in [0.15, 0.2) is 0 Å². The van der Waals surface area contributed by atoms with Crippen molar-refractivity contribution < 1.29 is 15.0 Å². The van der Waals surface area contributed by atoms with Gasteiger partial charge < -0.3 is 10.2 Å². The van der Waals surface area contributed by atoms with Crippen LogP contribution in [-0.2, 0) is 4.79 Å². The van der Waals surface area contributed by atoms with Crippen molar-refractivity contribution in [1.29, 1.82) is 0 Å². The van der Waals surface area contributed by atoms with E-state index in [-0.39, 0.29) is 0 Å². The second-order valence-electron chi connectivity index (χ2n) is 8.84. The van der Waals surface area contributed by atoms with E-state index in [0.29, 0.717) is 29.8 Å². The van der Waals surface area contributed by atoms with Crippen LogP contribution >= 0.6 is 0 Å². The van der Waals surface area contributed by atoms with Crippen LogP contribution in [0.15, 0.2) is 0 Å². The maximum atomic E-state index is 10.5. The second-order valence-corrected chi connectivity index (χ2v) is 8.84. The summed E-state index contributed by atoms with van der Waals surface area (Å²) in [6.07, 6.45) is 12.8. The van der Waals surface area contributed by atoms with E-state index in [9.17, 15) is 4.79 Å². The van der Waals surface area contributed by atoms with Crippen molar-refractivity contribution in [2.24, 2.45) is 33.5 Å². The lowest BCUT2D eigenvalue weighted by Crippen LogP contribution is -1.97. The zero-order valence-corrected chi connectivity index (χ0v) is 12.7. The minimum Gasteiger partial charge on any atom is -0.481 e. The number of hydrogen-bond acceptors (Lipinski definition) is 2. The molecule has 116 valence electrons. The lowest BCUT2D eigenvalue weighted by atomic mass is 10.2. The molecule has 2 N–H and O–H groups in total. The van der Waals surface area contributed by atoms with E-state index in [0.717, 1.165) is 23.2 Å². The Balaban J connectivity index is 0.0000000996. The Bertz CT molecular complexity index is 471. The summed E-state index contributed by atoms with van der Waals surface area (Å²) >= 11 is 0. The highest BCUT2D eigenvalue weighted by atomic mass is 16.4. The molecule has 0 amide bonds. The van der Waals surface area contributed by atoms with Gasteiger partial charge in [0.25, 0.3) is 0 Å². The van der Waals surface area contributed by atoms with Gasteiger partial charge >= 0.3 is 5.97 Å². The van der Waals surface area contributed by atoms with Crippen LogP contribution in [0.3, 0.4) is 0 Å². The number of fused-ring (bicyclic) bond motifs is 2. The molecule has 0 aromatic rings. The third-order valence-corrected chi connectivity index (χ3v) is 8.44. The van der Waals surface area contributed by atoms with Crippen LogP contribution in [0.4, 0.5) is 0 Å². The Labute approximate surface area is 126 Å². The molecule has 6 saturated carbocycles. The van der Waals surface area contributed by atoms with Crippen molar-refractivity contribution in [2.45, 2.75) is 64.2 Å². The summed E-state index contributed by atoms with van der Waals surface area (Å²) in [5.74, 6) is 0.933. The normalized spacial score (nSPS) is 40.6. The van der Waals surface area contributed by atoms with Crippen LogP contribution in [0.5, 0.6) is 0 Å². The number of rotatable bonds is 4. The summed E-state index contributed by atoms with van der Waals surface area (Å²) < 4.78 is 0. The quantitative estimate of drug-likeness (QED) is 0.836. The number of carboxylic acids is 1. The summed E-state index contributed by atoms with van der Waals surface area (Å²) in [5.41, 5.74) is 2.78. The molecule has 3 heteroatoms. The van der Waals surface area contributed by atoms with Crippen molar-refractivity contribution >= 4 is 5.97 Å². The zero-order chi connectivity index (χ0) is 14.5. The molecule has 21 heavy (non-hydrogen) atoms. The van der Waals surface area contributed by atoms with E-state index in [1.165, 1.54) is 51.4 Å². The molecule has 0 atom stereocenters. The average Bonchev–Trinajstić information content (AvgIpc) is 3.27. The van der Waals surface area contributed by atoms with Crippen LogP contribution in [0.1, 0.15) is 64.2 Å². The van der Waals surface area contributed by atoms with E-state index < -0.39 is 5.97 Å². The first-order valence-corrected chi connectivity index (χ1v) is 8.90. The van der Waals surface area contributed by atoms with Crippen molar-refractivity contribution in [2.75, 3.05) is 6.61 Å². The third kappa shape index (κ3) is 1.42. The maximum absolute atomic E-state index is 10.5. The molecule has 6 fully saturated rings. The first kappa shape index (κ1) is 12.9. The summed E-state index contributed by atoms with van der Waals surface area (Å²) in [5, 5.41) is 17.4. The highest BCUT2D eigenvalue weighted by Crippen LogP contribution is 2.93. The lowest BCUT2D eigenvalue weighted by molar-refractivity contribution is -0.137. The maximum Gasteiger partial charge on any atom is 0.303 e. The molecule has 0 aliphatic heterocycles. The SMILES string of the molecule is O=C(O)CC1C2(CC2)C12CC2.OCCC1C2(CC2)C12CC2. The van der Waals surface area contributed by atoms with Gasteiger partial charge in [-0.05, 0) is 91.3 Å². The minimum absolute atomic E-state index is 0.425. The van der Waals surface area contributed by atoms with Gasteiger partial charge in [0.2, 0.25) is 0 Å². The Morgan fingerprint density at radius 2 is 1.19 bits per heavy atom. The van der Waals surface area contributed by atoms with Gasteiger partial charge in [0, 0.05) is 13.0 Å². The molecule has 0 heterocycles. The number of carboxylic acid groups (broad SMARTS) is 1. The minimum atomic E-state index is -0.593. The number of aliphatic hydroxyl groups is 1. The van der Waals surface area contributed by atoms with Gasteiger partial charge in [0.1, 0.15) is 0 Å². The molecular formula is C18H26O3.